The van der Waals surface area contributed by atoms with Gasteiger partial charge in [0.25, 0.3) is 5.91 Å². The second kappa shape index (κ2) is 11.6. The highest BCUT2D eigenvalue weighted by Crippen LogP contribution is 2.34. The van der Waals surface area contributed by atoms with Gasteiger partial charge >= 0.3 is 6.36 Å². The van der Waals surface area contributed by atoms with Crippen LogP contribution in [0.4, 0.5) is 13.2 Å². The predicted octanol–water partition coefficient (Wildman–Crippen LogP) is 6.34. The Morgan fingerprint density at radius 3 is 2.39 bits per heavy atom. The summed E-state index contributed by atoms with van der Waals surface area (Å²) in [5, 5.41) is 22.6. The number of para-hydroxylation sites is 1. The number of hydrogen-bond donors (Lipinski definition) is 2. The summed E-state index contributed by atoms with van der Waals surface area (Å²) in [5.74, 6) is -0.581. The van der Waals surface area contributed by atoms with Gasteiger partial charge in [0.15, 0.2) is 11.5 Å². The summed E-state index contributed by atoms with van der Waals surface area (Å²) in [6, 6.07) is 18.7. The van der Waals surface area contributed by atoms with Gasteiger partial charge < -0.3 is 10.1 Å². The van der Waals surface area contributed by atoms with E-state index in [2.05, 4.69) is 35.8 Å². The van der Waals surface area contributed by atoms with Crippen LogP contribution < -0.4 is 10.1 Å². The minimum atomic E-state index is -4.81. The maximum absolute atomic E-state index is 13.7. The van der Waals surface area contributed by atoms with Crippen molar-refractivity contribution in [2.75, 3.05) is 0 Å². The molecule has 0 aliphatic heterocycles. The Hall–Kier alpha value is -4.42. The first-order valence-electron chi connectivity index (χ1n) is 12.1. The standard InChI is InChI=1S/C27H20Cl2F3N7O2/c1-15(16-8-12-19(13-9-16)41-27(30,31)32)33-26(40)24-20(14-23-34-37-38-35-23)25(17-6-10-18(28)11-7-17)39(36-24)22-5-3-2-4-21(22)29/h2-13,15H,14H2,1H3,(H,33,40)(H,34,35,37,38). The Bertz CT molecular complexity index is 1660. The molecule has 0 aliphatic carbocycles. The van der Waals surface area contributed by atoms with Gasteiger partial charge in [-0.25, -0.2) is 4.68 Å². The molecule has 2 heterocycles. The van der Waals surface area contributed by atoms with Crippen LogP contribution in [0.2, 0.25) is 10.0 Å². The summed E-state index contributed by atoms with van der Waals surface area (Å²) >= 11 is 12.7. The van der Waals surface area contributed by atoms with Crippen molar-refractivity contribution in [3.63, 3.8) is 0 Å². The Morgan fingerprint density at radius 2 is 1.76 bits per heavy atom. The van der Waals surface area contributed by atoms with Crippen molar-refractivity contribution >= 4 is 29.1 Å². The number of hydrogen-bond acceptors (Lipinski definition) is 6. The van der Waals surface area contributed by atoms with Gasteiger partial charge in [0.05, 0.1) is 22.4 Å². The minimum absolute atomic E-state index is 0.0727. The number of ether oxygens (including phenoxy) is 1. The molecular weight excluding hydrogens is 582 g/mol. The van der Waals surface area contributed by atoms with E-state index in [9.17, 15) is 18.0 Å². The molecule has 2 aromatic heterocycles. The van der Waals surface area contributed by atoms with E-state index in [1.165, 1.54) is 24.3 Å². The van der Waals surface area contributed by atoms with E-state index in [-0.39, 0.29) is 17.9 Å². The molecule has 210 valence electrons. The number of alkyl halides is 3. The van der Waals surface area contributed by atoms with Crippen LogP contribution in [0.5, 0.6) is 5.75 Å². The molecule has 1 unspecified atom stereocenters. The lowest BCUT2D eigenvalue weighted by molar-refractivity contribution is -0.274. The molecule has 1 atom stereocenters. The number of halogens is 5. The van der Waals surface area contributed by atoms with Crippen LogP contribution in [0.25, 0.3) is 16.9 Å². The Balaban J connectivity index is 1.56. The highest BCUT2D eigenvalue weighted by molar-refractivity contribution is 6.32. The molecule has 0 bridgehead atoms. The minimum Gasteiger partial charge on any atom is -0.406 e. The van der Waals surface area contributed by atoms with Crippen molar-refractivity contribution in [1.82, 2.24) is 35.7 Å². The number of tetrazole rings is 1. The fourth-order valence-corrected chi connectivity index (χ4v) is 4.57. The fraction of sp³-hybridized carbons (Fsp3) is 0.148. The van der Waals surface area contributed by atoms with E-state index < -0.39 is 18.3 Å². The Labute approximate surface area is 241 Å². The monoisotopic (exact) mass is 601 g/mol. The number of aromatic nitrogens is 6. The van der Waals surface area contributed by atoms with Crippen molar-refractivity contribution in [1.29, 1.82) is 0 Å². The Kier molecular flexibility index (Phi) is 7.95. The summed E-state index contributed by atoms with van der Waals surface area (Å²) in [7, 11) is 0. The first kappa shape index (κ1) is 28.1. The van der Waals surface area contributed by atoms with Crippen LogP contribution in [-0.2, 0) is 6.42 Å². The van der Waals surface area contributed by atoms with Gasteiger partial charge in [-0.15, -0.1) is 23.4 Å². The van der Waals surface area contributed by atoms with E-state index in [0.717, 1.165) is 0 Å². The number of carbonyl (C=O) groups excluding carboxylic acids is 1. The van der Waals surface area contributed by atoms with E-state index in [4.69, 9.17) is 23.2 Å². The molecule has 2 N–H and O–H groups in total. The van der Waals surface area contributed by atoms with Crippen LogP contribution in [0.15, 0.2) is 72.8 Å². The molecule has 14 heteroatoms. The van der Waals surface area contributed by atoms with E-state index in [0.29, 0.717) is 43.9 Å². The third-order valence-electron chi connectivity index (χ3n) is 6.08. The number of aromatic amines is 1. The number of benzene rings is 3. The van der Waals surface area contributed by atoms with Crippen molar-refractivity contribution in [2.24, 2.45) is 0 Å². The first-order valence-corrected chi connectivity index (χ1v) is 12.9. The number of amides is 1. The van der Waals surface area contributed by atoms with Crippen molar-refractivity contribution in [2.45, 2.75) is 25.7 Å². The molecule has 9 nitrogen and oxygen atoms in total. The zero-order valence-electron chi connectivity index (χ0n) is 21.2. The van der Waals surface area contributed by atoms with E-state index in [1.807, 2.05) is 0 Å². The molecule has 3 aromatic carbocycles. The van der Waals surface area contributed by atoms with Crippen molar-refractivity contribution in [3.05, 3.63) is 105 Å². The highest BCUT2D eigenvalue weighted by atomic mass is 35.5. The number of carbonyl (C=O) groups is 1. The maximum atomic E-state index is 13.7. The average Bonchev–Trinajstić information content (AvgIpc) is 3.57. The van der Waals surface area contributed by atoms with Crippen LogP contribution in [0.3, 0.4) is 0 Å². The fourth-order valence-electron chi connectivity index (χ4n) is 4.22. The van der Waals surface area contributed by atoms with Crippen LogP contribution in [0.1, 0.15) is 40.4 Å². The quantitative estimate of drug-likeness (QED) is 0.215. The SMILES string of the molecule is CC(NC(=O)c1nn(-c2ccccc2Cl)c(-c2ccc(Cl)cc2)c1Cc1nn[nH]n1)c1ccc(OC(F)(F)F)cc1. The smallest absolute Gasteiger partial charge is 0.406 e. The number of nitrogens with one attached hydrogen (secondary N) is 2. The lowest BCUT2D eigenvalue weighted by Gasteiger charge is -2.15. The van der Waals surface area contributed by atoms with Gasteiger partial charge in [-0.3, -0.25) is 4.79 Å². The van der Waals surface area contributed by atoms with Crippen molar-refractivity contribution in [3.8, 4) is 22.7 Å². The lowest BCUT2D eigenvalue weighted by Crippen LogP contribution is -2.28. The van der Waals surface area contributed by atoms with Gasteiger partial charge in [0.2, 0.25) is 0 Å². The van der Waals surface area contributed by atoms with Crippen molar-refractivity contribution < 1.29 is 22.7 Å². The summed E-state index contributed by atoms with van der Waals surface area (Å²) in [4.78, 5) is 13.7. The van der Waals surface area contributed by atoms with Gasteiger partial charge in [-0.2, -0.15) is 10.3 Å². The maximum Gasteiger partial charge on any atom is 0.573 e. The summed E-state index contributed by atoms with van der Waals surface area (Å²) in [6.07, 6.45) is -4.71. The first-order chi connectivity index (χ1) is 19.6. The average molecular weight is 602 g/mol. The molecule has 1 amide bonds. The summed E-state index contributed by atoms with van der Waals surface area (Å²) in [6.45, 7) is 1.70. The number of nitrogens with zero attached hydrogens (tertiary/aromatic N) is 5. The van der Waals surface area contributed by atoms with E-state index >= 15 is 0 Å². The van der Waals surface area contributed by atoms with Gasteiger partial charge in [-0.1, -0.05) is 64.8 Å². The molecule has 41 heavy (non-hydrogen) atoms. The molecular formula is C27H20Cl2F3N7O2. The molecule has 0 saturated carbocycles. The van der Waals surface area contributed by atoms with Crippen LogP contribution in [-0.4, -0.2) is 42.7 Å². The number of rotatable bonds is 8. The Morgan fingerprint density at radius 1 is 1.05 bits per heavy atom. The van der Waals surface area contributed by atoms with Gasteiger partial charge in [0.1, 0.15) is 5.75 Å². The van der Waals surface area contributed by atoms with Crippen LogP contribution >= 0.6 is 23.2 Å². The summed E-state index contributed by atoms with van der Waals surface area (Å²) < 4.78 is 43.1. The molecule has 0 aliphatic rings. The molecule has 0 spiro atoms. The predicted molar refractivity (Wildman–Crippen MR) is 145 cm³/mol. The zero-order chi connectivity index (χ0) is 29.1. The second-order valence-corrected chi connectivity index (χ2v) is 9.71. The molecule has 5 aromatic rings. The zero-order valence-corrected chi connectivity index (χ0v) is 22.7. The third kappa shape index (κ3) is 6.50. The normalized spacial score (nSPS) is 12.2. The van der Waals surface area contributed by atoms with E-state index in [1.54, 1.807) is 60.1 Å². The lowest BCUT2D eigenvalue weighted by atomic mass is 10.0. The highest BCUT2D eigenvalue weighted by Gasteiger charge is 2.31. The molecule has 0 radical (unpaired) electrons. The van der Waals surface area contributed by atoms with Crippen LogP contribution in [0, 0.1) is 0 Å². The summed E-state index contributed by atoms with van der Waals surface area (Å²) in [5.41, 5.74) is 2.91. The third-order valence-corrected chi connectivity index (χ3v) is 6.65. The second-order valence-electron chi connectivity index (χ2n) is 8.86. The van der Waals surface area contributed by atoms with Gasteiger partial charge in [-0.05, 0) is 48.9 Å². The number of H-pyrrole nitrogens is 1. The topological polar surface area (TPSA) is 111 Å². The molecule has 5 rings (SSSR count). The molecule has 0 fully saturated rings. The largest absolute Gasteiger partial charge is 0.573 e. The molecule has 0 saturated heterocycles. The van der Waals surface area contributed by atoms with Gasteiger partial charge in [0, 0.05) is 22.6 Å².